The van der Waals surface area contributed by atoms with E-state index in [-0.39, 0.29) is 11.5 Å². The van der Waals surface area contributed by atoms with Gasteiger partial charge < -0.3 is 10.1 Å². The SMILES string of the molecule is C[C@H](OC(=O)c1ccccc1[S@@](C)=O)C(=O)NCC1CCCCC1. The highest BCUT2D eigenvalue weighted by Crippen LogP contribution is 2.22. The van der Waals surface area contributed by atoms with Crippen LogP contribution in [-0.2, 0) is 20.3 Å². The summed E-state index contributed by atoms with van der Waals surface area (Å²) in [5, 5.41) is 2.87. The number of ether oxygens (including phenoxy) is 1. The molecule has 0 aliphatic heterocycles. The van der Waals surface area contributed by atoms with Gasteiger partial charge in [-0.1, -0.05) is 31.4 Å². The fourth-order valence-corrected chi connectivity index (χ4v) is 3.67. The minimum Gasteiger partial charge on any atom is -0.449 e. The highest BCUT2D eigenvalue weighted by atomic mass is 32.2. The lowest BCUT2D eigenvalue weighted by Crippen LogP contribution is -2.38. The Hall–Kier alpha value is -1.69. The van der Waals surface area contributed by atoms with Gasteiger partial charge in [-0.05, 0) is 37.8 Å². The molecular weight excluding hydrogens is 326 g/mol. The molecule has 0 radical (unpaired) electrons. The van der Waals surface area contributed by atoms with Gasteiger partial charge in [-0.3, -0.25) is 9.00 Å². The number of rotatable bonds is 6. The van der Waals surface area contributed by atoms with Gasteiger partial charge in [0.1, 0.15) is 0 Å². The molecule has 2 rings (SSSR count). The molecule has 1 N–H and O–H groups in total. The molecule has 6 heteroatoms. The molecule has 1 aliphatic rings. The summed E-state index contributed by atoms with van der Waals surface area (Å²) in [4.78, 5) is 24.8. The number of carbonyl (C=O) groups excluding carboxylic acids is 2. The highest BCUT2D eigenvalue weighted by molar-refractivity contribution is 7.84. The van der Waals surface area contributed by atoms with E-state index in [0.29, 0.717) is 17.4 Å². The van der Waals surface area contributed by atoms with Crippen LogP contribution in [0.1, 0.15) is 49.4 Å². The van der Waals surface area contributed by atoms with E-state index < -0.39 is 22.9 Å². The number of amides is 1. The molecule has 1 fully saturated rings. The van der Waals surface area contributed by atoms with Crippen LogP contribution in [0.4, 0.5) is 0 Å². The number of esters is 1. The van der Waals surface area contributed by atoms with Gasteiger partial charge in [-0.15, -0.1) is 0 Å². The Morgan fingerprint density at radius 3 is 2.58 bits per heavy atom. The Labute approximate surface area is 145 Å². The number of nitrogens with one attached hydrogen (secondary N) is 1. The molecule has 0 bridgehead atoms. The first-order chi connectivity index (χ1) is 11.5. The highest BCUT2D eigenvalue weighted by Gasteiger charge is 2.22. The predicted octanol–water partition coefficient (Wildman–Crippen LogP) is 2.67. The third kappa shape index (κ3) is 5.16. The standard InChI is InChI=1S/C18H25NO4S/c1-13(17(20)19-12-14-8-4-3-5-9-14)23-18(21)15-10-6-7-11-16(15)24(2)22/h6-7,10-11,13-14H,3-5,8-9,12H2,1-2H3,(H,19,20)/t13-,24+/m0/s1. The van der Waals surface area contributed by atoms with Gasteiger partial charge in [0.2, 0.25) is 0 Å². The Bertz CT molecular complexity index is 611. The van der Waals surface area contributed by atoms with E-state index in [1.165, 1.54) is 25.5 Å². The van der Waals surface area contributed by atoms with Gasteiger partial charge in [0.15, 0.2) is 6.10 Å². The maximum atomic E-state index is 12.3. The van der Waals surface area contributed by atoms with Crippen molar-refractivity contribution in [2.24, 2.45) is 5.92 Å². The van der Waals surface area contributed by atoms with Crippen LogP contribution in [0.25, 0.3) is 0 Å². The zero-order chi connectivity index (χ0) is 17.5. The predicted molar refractivity (Wildman–Crippen MR) is 93.2 cm³/mol. The lowest BCUT2D eigenvalue weighted by Gasteiger charge is -2.22. The van der Waals surface area contributed by atoms with Crippen LogP contribution in [0.2, 0.25) is 0 Å². The summed E-state index contributed by atoms with van der Waals surface area (Å²) in [5.74, 6) is -0.390. The first-order valence-corrected chi connectivity index (χ1v) is 9.96. The average Bonchev–Trinajstić information content (AvgIpc) is 2.60. The summed E-state index contributed by atoms with van der Waals surface area (Å²) >= 11 is 0. The maximum Gasteiger partial charge on any atom is 0.340 e. The lowest BCUT2D eigenvalue weighted by atomic mass is 9.89. The summed E-state index contributed by atoms with van der Waals surface area (Å²) in [5.41, 5.74) is 0.241. The molecule has 2 atom stereocenters. The summed E-state index contributed by atoms with van der Waals surface area (Å²) in [6.45, 7) is 2.19. The largest absolute Gasteiger partial charge is 0.449 e. The van der Waals surface area contributed by atoms with Crippen molar-refractivity contribution in [2.45, 2.75) is 50.0 Å². The minimum atomic E-state index is -1.29. The monoisotopic (exact) mass is 351 g/mol. The van der Waals surface area contributed by atoms with Gasteiger partial charge in [0.05, 0.1) is 21.3 Å². The van der Waals surface area contributed by atoms with Gasteiger partial charge in [-0.2, -0.15) is 0 Å². The van der Waals surface area contributed by atoms with Crippen molar-refractivity contribution in [2.75, 3.05) is 12.8 Å². The summed E-state index contributed by atoms with van der Waals surface area (Å²) < 4.78 is 16.9. The Morgan fingerprint density at radius 2 is 1.92 bits per heavy atom. The van der Waals surface area contributed by atoms with E-state index in [0.717, 1.165) is 12.8 Å². The van der Waals surface area contributed by atoms with Crippen molar-refractivity contribution in [3.05, 3.63) is 29.8 Å². The second kappa shape index (κ2) is 8.97. The molecule has 1 aliphatic carbocycles. The van der Waals surface area contributed by atoms with E-state index in [2.05, 4.69) is 5.32 Å². The molecule has 1 saturated carbocycles. The second-order valence-electron chi connectivity index (χ2n) is 6.25. The first-order valence-electron chi connectivity index (χ1n) is 8.40. The summed E-state index contributed by atoms with van der Waals surface area (Å²) in [7, 11) is -1.29. The molecule has 1 aromatic carbocycles. The Kier molecular flexibility index (Phi) is 6.97. The molecule has 1 amide bonds. The van der Waals surface area contributed by atoms with E-state index in [1.807, 2.05) is 0 Å². The Balaban J connectivity index is 1.88. The van der Waals surface area contributed by atoms with E-state index in [4.69, 9.17) is 4.74 Å². The fourth-order valence-electron chi connectivity index (χ4n) is 2.94. The van der Waals surface area contributed by atoms with Crippen LogP contribution in [0.5, 0.6) is 0 Å². The smallest absolute Gasteiger partial charge is 0.340 e. The van der Waals surface area contributed by atoms with Crippen LogP contribution >= 0.6 is 0 Å². The molecule has 5 nitrogen and oxygen atoms in total. The zero-order valence-corrected chi connectivity index (χ0v) is 15.1. The third-order valence-electron chi connectivity index (χ3n) is 4.36. The van der Waals surface area contributed by atoms with Crippen molar-refractivity contribution in [3.8, 4) is 0 Å². The van der Waals surface area contributed by atoms with E-state index in [9.17, 15) is 13.8 Å². The number of hydrogen-bond acceptors (Lipinski definition) is 4. The van der Waals surface area contributed by atoms with Gasteiger partial charge in [0.25, 0.3) is 5.91 Å². The van der Waals surface area contributed by atoms with Gasteiger partial charge >= 0.3 is 5.97 Å². The van der Waals surface area contributed by atoms with Crippen molar-refractivity contribution in [1.29, 1.82) is 0 Å². The van der Waals surface area contributed by atoms with Gasteiger partial charge in [0, 0.05) is 12.8 Å². The molecular formula is C18H25NO4S. The molecule has 1 aromatic rings. The summed E-state index contributed by atoms with van der Waals surface area (Å²) in [6, 6.07) is 6.58. The molecule has 0 spiro atoms. The third-order valence-corrected chi connectivity index (χ3v) is 5.33. The van der Waals surface area contributed by atoms with E-state index >= 15 is 0 Å². The van der Waals surface area contributed by atoms with Crippen LogP contribution in [0.3, 0.4) is 0 Å². The van der Waals surface area contributed by atoms with Crippen LogP contribution in [-0.4, -0.2) is 35.0 Å². The van der Waals surface area contributed by atoms with Crippen LogP contribution in [0.15, 0.2) is 29.2 Å². The molecule has 0 heterocycles. The zero-order valence-electron chi connectivity index (χ0n) is 14.2. The second-order valence-corrected chi connectivity index (χ2v) is 7.60. The normalized spacial score (nSPS) is 17.8. The average molecular weight is 351 g/mol. The van der Waals surface area contributed by atoms with E-state index in [1.54, 1.807) is 31.2 Å². The molecule has 132 valence electrons. The quantitative estimate of drug-likeness (QED) is 0.800. The number of carbonyl (C=O) groups is 2. The van der Waals surface area contributed by atoms with Crippen molar-refractivity contribution in [1.82, 2.24) is 5.32 Å². The maximum absolute atomic E-state index is 12.3. The van der Waals surface area contributed by atoms with Crippen LogP contribution < -0.4 is 5.32 Å². The minimum absolute atomic E-state index is 0.241. The van der Waals surface area contributed by atoms with Crippen LogP contribution in [0, 0.1) is 5.92 Å². The Morgan fingerprint density at radius 1 is 1.25 bits per heavy atom. The topological polar surface area (TPSA) is 72.5 Å². The van der Waals surface area contributed by atoms with Crippen molar-refractivity contribution in [3.63, 3.8) is 0 Å². The molecule has 0 unspecified atom stereocenters. The lowest BCUT2D eigenvalue weighted by molar-refractivity contribution is -0.129. The van der Waals surface area contributed by atoms with Gasteiger partial charge in [-0.25, -0.2) is 4.79 Å². The molecule has 0 aromatic heterocycles. The fraction of sp³-hybridized carbons (Fsp3) is 0.556. The first kappa shape index (κ1) is 18.6. The van der Waals surface area contributed by atoms with Crippen molar-refractivity contribution >= 4 is 22.7 Å². The molecule has 24 heavy (non-hydrogen) atoms. The molecule has 0 saturated heterocycles. The van der Waals surface area contributed by atoms with Crippen molar-refractivity contribution < 1.29 is 18.5 Å². The number of hydrogen-bond donors (Lipinski definition) is 1. The number of benzene rings is 1. The summed E-state index contributed by atoms with van der Waals surface area (Å²) in [6.07, 6.45) is 6.63.